The van der Waals surface area contributed by atoms with Gasteiger partial charge in [0.1, 0.15) is 11.0 Å². The van der Waals surface area contributed by atoms with Crippen LogP contribution in [0.15, 0.2) is 23.2 Å². The van der Waals surface area contributed by atoms with Crippen molar-refractivity contribution in [2.45, 2.75) is 23.8 Å². The second-order valence-corrected chi connectivity index (χ2v) is 6.45. The molecule has 0 amide bonds. The third kappa shape index (κ3) is 2.22. The molecule has 1 unspecified atom stereocenters. The first-order valence-electron chi connectivity index (χ1n) is 5.44. The van der Waals surface area contributed by atoms with Gasteiger partial charge in [-0.25, -0.2) is 13.4 Å². The summed E-state index contributed by atoms with van der Waals surface area (Å²) in [6.45, 7) is 1.88. The van der Waals surface area contributed by atoms with E-state index in [1.165, 1.54) is 22.6 Å². The molecular formula is C11H13N3O3S. The van der Waals surface area contributed by atoms with Crippen LogP contribution in [0.1, 0.15) is 19.0 Å². The topological polar surface area (TPSA) is 94.3 Å². The molecule has 2 rings (SSSR count). The summed E-state index contributed by atoms with van der Waals surface area (Å²) < 4.78 is 25.8. The molecule has 0 saturated carbocycles. The number of aliphatic hydroxyl groups is 1. The Morgan fingerprint density at radius 2 is 2.33 bits per heavy atom. The molecule has 1 fully saturated rings. The zero-order valence-electron chi connectivity index (χ0n) is 9.87. The SMILES string of the molecule is CC1(O)CCN(S(=O)(=O)c2cccnc2C#N)C1. The van der Waals surface area contributed by atoms with Gasteiger partial charge in [-0.15, -0.1) is 0 Å². The van der Waals surface area contributed by atoms with Crippen molar-refractivity contribution in [3.63, 3.8) is 0 Å². The van der Waals surface area contributed by atoms with Crippen LogP contribution in [0.5, 0.6) is 0 Å². The smallest absolute Gasteiger partial charge is 0.246 e. The number of nitrogens with zero attached hydrogens (tertiary/aromatic N) is 3. The molecule has 0 bridgehead atoms. The van der Waals surface area contributed by atoms with Crippen LogP contribution in [0.2, 0.25) is 0 Å². The molecule has 1 N–H and O–H groups in total. The molecule has 6 nitrogen and oxygen atoms in total. The summed E-state index contributed by atoms with van der Waals surface area (Å²) >= 11 is 0. The molecule has 96 valence electrons. The molecule has 1 atom stereocenters. The van der Waals surface area contributed by atoms with Gasteiger partial charge in [0.05, 0.1) is 5.60 Å². The van der Waals surface area contributed by atoms with E-state index in [9.17, 15) is 13.5 Å². The maximum absolute atomic E-state index is 12.3. The van der Waals surface area contributed by atoms with E-state index in [1.54, 1.807) is 13.0 Å². The lowest BCUT2D eigenvalue weighted by Gasteiger charge is -2.19. The Morgan fingerprint density at radius 1 is 1.61 bits per heavy atom. The summed E-state index contributed by atoms with van der Waals surface area (Å²) in [5.74, 6) is 0. The Hall–Kier alpha value is -1.49. The molecule has 0 aliphatic carbocycles. The van der Waals surface area contributed by atoms with Crippen molar-refractivity contribution in [3.05, 3.63) is 24.0 Å². The van der Waals surface area contributed by atoms with Crippen LogP contribution < -0.4 is 0 Å². The standard InChI is InChI=1S/C11H13N3O3S/c1-11(15)4-6-14(8-11)18(16,17)10-3-2-5-13-9(10)7-12/h2-3,5,15H,4,6,8H2,1H3. The van der Waals surface area contributed by atoms with Crippen molar-refractivity contribution in [3.8, 4) is 6.07 Å². The molecule has 1 aromatic rings. The predicted molar refractivity (Wildman–Crippen MR) is 63.0 cm³/mol. The molecule has 0 spiro atoms. The van der Waals surface area contributed by atoms with Gasteiger partial charge < -0.3 is 5.11 Å². The number of sulfonamides is 1. The van der Waals surface area contributed by atoms with Gasteiger partial charge in [0.2, 0.25) is 10.0 Å². The number of aromatic nitrogens is 1. The number of pyridine rings is 1. The van der Waals surface area contributed by atoms with Gasteiger partial charge in [0, 0.05) is 19.3 Å². The monoisotopic (exact) mass is 267 g/mol. The van der Waals surface area contributed by atoms with Crippen molar-refractivity contribution in [1.29, 1.82) is 5.26 Å². The van der Waals surface area contributed by atoms with E-state index in [0.29, 0.717) is 6.42 Å². The lowest BCUT2D eigenvalue weighted by atomic mass is 10.1. The molecule has 2 heterocycles. The number of rotatable bonds is 2. The molecule has 7 heteroatoms. The van der Waals surface area contributed by atoms with Crippen LogP contribution >= 0.6 is 0 Å². The maximum Gasteiger partial charge on any atom is 0.246 e. The highest BCUT2D eigenvalue weighted by atomic mass is 32.2. The Bertz CT molecular complexity index is 604. The highest BCUT2D eigenvalue weighted by Crippen LogP contribution is 2.27. The van der Waals surface area contributed by atoms with Gasteiger partial charge in [-0.3, -0.25) is 0 Å². The molecule has 1 aromatic heterocycles. The van der Waals surface area contributed by atoms with Crippen molar-refractivity contribution in [1.82, 2.24) is 9.29 Å². The van der Waals surface area contributed by atoms with E-state index >= 15 is 0 Å². The molecule has 0 aromatic carbocycles. The fourth-order valence-electron chi connectivity index (χ4n) is 1.93. The van der Waals surface area contributed by atoms with Crippen molar-refractivity contribution in [2.75, 3.05) is 13.1 Å². The lowest BCUT2D eigenvalue weighted by Crippen LogP contribution is -2.34. The summed E-state index contributed by atoms with van der Waals surface area (Å²) in [6.07, 6.45) is 1.76. The summed E-state index contributed by atoms with van der Waals surface area (Å²) in [5.41, 5.74) is -1.13. The Kier molecular flexibility index (Phi) is 3.11. The second kappa shape index (κ2) is 4.31. The molecule has 18 heavy (non-hydrogen) atoms. The highest BCUT2D eigenvalue weighted by Gasteiger charge is 2.39. The van der Waals surface area contributed by atoms with Gasteiger partial charge in [0.15, 0.2) is 5.69 Å². The van der Waals surface area contributed by atoms with Gasteiger partial charge in [-0.05, 0) is 25.5 Å². The minimum atomic E-state index is -3.76. The fraction of sp³-hybridized carbons (Fsp3) is 0.455. The van der Waals surface area contributed by atoms with Crippen LogP contribution in [-0.4, -0.2) is 41.5 Å². The maximum atomic E-state index is 12.3. The zero-order valence-corrected chi connectivity index (χ0v) is 10.7. The minimum absolute atomic E-state index is 0.0368. The average molecular weight is 267 g/mol. The molecular weight excluding hydrogens is 254 g/mol. The lowest BCUT2D eigenvalue weighted by molar-refractivity contribution is 0.0762. The van der Waals surface area contributed by atoms with Crippen LogP contribution in [0, 0.1) is 11.3 Å². The highest BCUT2D eigenvalue weighted by molar-refractivity contribution is 7.89. The Labute approximate surface area is 106 Å². The van der Waals surface area contributed by atoms with Gasteiger partial charge in [0.25, 0.3) is 0 Å². The van der Waals surface area contributed by atoms with E-state index in [2.05, 4.69) is 4.98 Å². The average Bonchev–Trinajstić information content (AvgIpc) is 2.70. The zero-order chi connectivity index (χ0) is 13.4. The van der Waals surface area contributed by atoms with Crippen molar-refractivity contribution in [2.24, 2.45) is 0 Å². The third-order valence-electron chi connectivity index (χ3n) is 2.91. The summed E-state index contributed by atoms with van der Waals surface area (Å²) in [6, 6.07) is 4.60. The molecule has 1 aliphatic heterocycles. The van der Waals surface area contributed by atoms with Crippen LogP contribution in [0.3, 0.4) is 0 Å². The number of nitriles is 1. The predicted octanol–water partition coefficient (Wildman–Crippen LogP) is 0.0987. The molecule has 0 radical (unpaired) electrons. The van der Waals surface area contributed by atoms with Crippen LogP contribution in [-0.2, 0) is 10.0 Å². The van der Waals surface area contributed by atoms with Gasteiger partial charge >= 0.3 is 0 Å². The van der Waals surface area contributed by atoms with E-state index < -0.39 is 15.6 Å². The van der Waals surface area contributed by atoms with Crippen LogP contribution in [0.25, 0.3) is 0 Å². The van der Waals surface area contributed by atoms with Crippen LogP contribution in [0.4, 0.5) is 0 Å². The minimum Gasteiger partial charge on any atom is -0.389 e. The largest absolute Gasteiger partial charge is 0.389 e. The van der Waals surface area contributed by atoms with Gasteiger partial charge in [-0.2, -0.15) is 9.57 Å². The third-order valence-corrected chi connectivity index (χ3v) is 4.79. The quantitative estimate of drug-likeness (QED) is 0.820. The van der Waals surface area contributed by atoms with E-state index in [4.69, 9.17) is 5.26 Å². The first-order valence-corrected chi connectivity index (χ1v) is 6.88. The first kappa shape index (κ1) is 13.0. The van der Waals surface area contributed by atoms with Gasteiger partial charge in [-0.1, -0.05) is 0 Å². The Balaban J connectivity index is 2.42. The first-order chi connectivity index (χ1) is 8.37. The number of hydrogen-bond acceptors (Lipinski definition) is 5. The number of hydrogen-bond donors (Lipinski definition) is 1. The number of β-amino-alcohol motifs (C(OH)–C–C–N with tert-alkyl or cyclic N) is 1. The molecule has 1 aliphatic rings. The van der Waals surface area contributed by atoms with E-state index in [1.807, 2.05) is 0 Å². The molecule has 1 saturated heterocycles. The summed E-state index contributed by atoms with van der Waals surface area (Å²) in [7, 11) is -3.76. The van der Waals surface area contributed by atoms with Crippen molar-refractivity contribution >= 4 is 10.0 Å². The fourth-order valence-corrected chi connectivity index (χ4v) is 3.58. The van der Waals surface area contributed by atoms with E-state index in [-0.39, 0.29) is 23.7 Å². The Morgan fingerprint density at radius 3 is 2.89 bits per heavy atom. The second-order valence-electron chi connectivity index (χ2n) is 4.55. The summed E-state index contributed by atoms with van der Waals surface area (Å²) in [4.78, 5) is 3.64. The van der Waals surface area contributed by atoms with E-state index in [0.717, 1.165) is 0 Å². The summed E-state index contributed by atoms with van der Waals surface area (Å²) in [5, 5.41) is 18.7. The van der Waals surface area contributed by atoms with Crippen molar-refractivity contribution < 1.29 is 13.5 Å². The normalized spacial score (nSPS) is 24.9.